The van der Waals surface area contributed by atoms with Gasteiger partial charge in [0.2, 0.25) is 0 Å². The molecule has 1 unspecified atom stereocenters. The highest BCUT2D eigenvalue weighted by atomic mass is 35.5. The van der Waals surface area contributed by atoms with Gasteiger partial charge in [0.05, 0.1) is 17.1 Å². The first-order chi connectivity index (χ1) is 8.87. The van der Waals surface area contributed by atoms with Crippen molar-refractivity contribution in [2.75, 3.05) is 11.5 Å². The lowest BCUT2D eigenvalue weighted by Crippen LogP contribution is -2.43. The number of amides is 1. The fraction of sp³-hybridized carbons (Fsp3) is 0.417. The molecule has 1 atom stereocenters. The van der Waals surface area contributed by atoms with Crippen LogP contribution in [0.2, 0.25) is 5.02 Å². The van der Waals surface area contributed by atoms with Crippen LogP contribution in [0.1, 0.15) is 23.2 Å². The molecule has 1 aromatic rings. The molecule has 0 aromatic heterocycles. The minimum absolute atomic E-state index is 0.0963. The van der Waals surface area contributed by atoms with Crippen molar-refractivity contribution in [1.82, 2.24) is 5.32 Å². The highest BCUT2D eigenvalue weighted by Gasteiger charge is 2.26. The largest absolute Gasteiger partial charge is 0.348 e. The van der Waals surface area contributed by atoms with Crippen LogP contribution in [0.3, 0.4) is 0 Å². The number of benzene rings is 1. The average Bonchev–Trinajstić information content (AvgIpc) is 2.31. The second-order valence-electron chi connectivity index (χ2n) is 4.55. The van der Waals surface area contributed by atoms with Gasteiger partial charge in [0, 0.05) is 11.1 Å². The van der Waals surface area contributed by atoms with Crippen molar-refractivity contribution < 1.29 is 17.6 Å². The Kier molecular flexibility index (Phi) is 4.10. The summed E-state index contributed by atoms with van der Waals surface area (Å²) in [6, 6.07) is 3.21. The fourth-order valence-corrected chi connectivity index (χ4v) is 3.88. The lowest BCUT2D eigenvalue weighted by molar-refractivity contribution is 0.0934. The highest BCUT2D eigenvalue weighted by molar-refractivity contribution is 7.91. The summed E-state index contributed by atoms with van der Waals surface area (Å²) in [5.41, 5.74) is -0.171. The van der Waals surface area contributed by atoms with Crippen molar-refractivity contribution in [3.63, 3.8) is 0 Å². The Morgan fingerprint density at radius 1 is 1.42 bits per heavy atom. The maximum atomic E-state index is 13.5. The van der Waals surface area contributed by atoms with Gasteiger partial charge >= 0.3 is 0 Å². The van der Waals surface area contributed by atoms with E-state index in [1.807, 2.05) is 0 Å². The van der Waals surface area contributed by atoms with Crippen molar-refractivity contribution in [2.24, 2.45) is 0 Å². The molecule has 1 fully saturated rings. The standard InChI is InChI=1S/C12H13ClFNO3S/c13-8-3-4-11(14)10(6-8)12(16)15-9-2-1-5-19(17,18)7-9/h3-4,6,9H,1-2,5,7H2,(H,15,16). The van der Waals surface area contributed by atoms with E-state index in [1.165, 1.54) is 12.1 Å². The molecule has 0 aliphatic carbocycles. The molecule has 0 bridgehead atoms. The van der Waals surface area contributed by atoms with E-state index in [2.05, 4.69) is 5.32 Å². The Balaban J connectivity index is 2.11. The second kappa shape index (κ2) is 5.46. The Labute approximate surface area is 115 Å². The molecule has 2 rings (SSSR count). The van der Waals surface area contributed by atoms with E-state index in [0.29, 0.717) is 12.8 Å². The topological polar surface area (TPSA) is 63.2 Å². The first-order valence-electron chi connectivity index (χ1n) is 5.84. The summed E-state index contributed by atoms with van der Waals surface area (Å²) in [6.45, 7) is 0. The summed E-state index contributed by atoms with van der Waals surface area (Å²) in [5.74, 6) is -1.27. The van der Waals surface area contributed by atoms with Gasteiger partial charge in [-0.15, -0.1) is 0 Å². The molecule has 1 saturated heterocycles. The Hall–Kier alpha value is -1.14. The molecule has 0 radical (unpaired) electrons. The van der Waals surface area contributed by atoms with E-state index >= 15 is 0 Å². The van der Waals surface area contributed by atoms with Gasteiger partial charge in [0.25, 0.3) is 5.91 Å². The Morgan fingerprint density at radius 2 is 2.16 bits per heavy atom. The highest BCUT2D eigenvalue weighted by Crippen LogP contribution is 2.17. The number of halogens is 2. The molecule has 7 heteroatoms. The van der Waals surface area contributed by atoms with Crippen LogP contribution < -0.4 is 5.32 Å². The van der Waals surface area contributed by atoms with Crippen LogP contribution in [0, 0.1) is 5.82 Å². The molecular formula is C12H13ClFNO3S. The van der Waals surface area contributed by atoms with Crippen molar-refractivity contribution in [1.29, 1.82) is 0 Å². The van der Waals surface area contributed by atoms with Crippen LogP contribution in [-0.2, 0) is 9.84 Å². The number of rotatable bonds is 2. The molecule has 0 spiro atoms. The maximum Gasteiger partial charge on any atom is 0.254 e. The Morgan fingerprint density at radius 3 is 2.84 bits per heavy atom. The molecule has 0 saturated carbocycles. The predicted octanol–water partition coefficient (Wildman–Crippen LogP) is 1.79. The summed E-state index contributed by atoms with van der Waals surface area (Å²) in [5, 5.41) is 2.79. The van der Waals surface area contributed by atoms with Gasteiger partial charge in [-0.1, -0.05) is 11.6 Å². The Bertz CT molecular complexity index is 603. The minimum Gasteiger partial charge on any atom is -0.348 e. The van der Waals surface area contributed by atoms with Crippen molar-refractivity contribution >= 4 is 27.3 Å². The van der Waals surface area contributed by atoms with E-state index < -0.39 is 27.6 Å². The van der Waals surface area contributed by atoms with Crippen molar-refractivity contribution in [2.45, 2.75) is 18.9 Å². The van der Waals surface area contributed by atoms with Gasteiger partial charge in [-0.3, -0.25) is 4.79 Å². The summed E-state index contributed by atoms with van der Waals surface area (Å²) >= 11 is 5.71. The van der Waals surface area contributed by atoms with Gasteiger partial charge in [0.1, 0.15) is 5.82 Å². The quantitative estimate of drug-likeness (QED) is 0.906. The zero-order chi connectivity index (χ0) is 14.0. The van der Waals surface area contributed by atoms with Crippen molar-refractivity contribution in [3.8, 4) is 0 Å². The number of hydrogen-bond donors (Lipinski definition) is 1. The molecule has 19 heavy (non-hydrogen) atoms. The van der Waals surface area contributed by atoms with Crippen LogP contribution in [0.5, 0.6) is 0 Å². The number of nitrogens with one attached hydrogen (secondary N) is 1. The monoisotopic (exact) mass is 305 g/mol. The summed E-state index contributed by atoms with van der Waals surface area (Å²) in [6.07, 6.45) is 1.08. The van der Waals surface area contributed by atoms with Gasteiger partial charge in [-0.25, -0.2) is 12.8 Å². The lowest BCUT2D eigenvalue weighted by atomic mass is 10.1. The van der Waals surface area contributed by atoms with Crippen molar-refractivity contribution in [3.05, 3.63) is 34.6 Å². The molecule has 104 valence electrons. The molecule has 1 heterocycles. The third-order valence-electron chi connectivity index (χ3n) is 2.97. The molecule has 1 aliphatic rings. The van der Waals surface area contributed by atoms with E-state index in [4.69, 9.17) is 11.6 Å². The van der Waals surface area contributed by atoms with E-state index in [1.54, 1.807) is 0 Å². The molecule has 1 amide bonds. The summed E-state index contributed by atoms with van der Waals surface area (Å²) in [4.78, 5) is 11.9. The van der Waals surface area contributed by atoms with E-state index in [0.717, 1.165) is 6.07 Å². The zero-order valence-corrected chi connectivity index (χ0v) is 11.6. The summed E-state index contributed by atoms with van der Waals surface area (Å²) in [7, 11) is -3.11. The first-order valence-corrected chi connectivity index (χ1v) is 8.04. The average molecular weight is 306 g/mol. The fourth-order valence-electron chi connectivity index (χ4n) is 2.07. The van der Waals surface area contributed by atoms with E-state index in [9.17, 15) is 17.6 Å². The predicted molar refractivity (Wildman–Crippen MR) is 70.6 cm³/mol. The lowest BCUT2D eigenvalue weighted by Gasteiger charge is -2.23. The van der Waals surface area contributed by atoms with Crippen LogP contribution in [0.4, 0.5) is 4.39 Å². The molecule has 1 aromatic carbocycles. The number of sulfone groups is 1. The minimum atomic E-state index is -3.11. The van der Waals surface area contributed by atoms with Gasteiger partial charge in [-0.2, -0.15) is 0 Å². The van der Waals surface area contributed by atoms with Crippen LogP contribution in [-0.4, -0.2) is 31.9 Å². The van der Waals surface area contributed by atoms with Gasteiger partial charge < -0.3 is 5.32 Å². The summed E-state index contributed by atoms with van der Waals surface area (Å²) < 4.78 is 36.4. The number of carbonyl (C=O) groups excluding carboxylic acids is 1. The van der Waals surface area contributed by atoms with Gasteiger partial charge in [0.15, 0.2) is 9.84 Å². The normalized spacial score (nSPS) is 21.9. The SMILES string of the molecule is O=C(NC1CCCS(=O)(=O)C1)c1cc(Cl)ccc1F. The van der Waals surface area contributed by atoms with Gasteiger partial charge in [-0.05, 0) is 31.0 Å². The molecular weight excluding hydrogens is 293 g/mol. The van der Waals surface area contributed by atoms with Crippen LogP contribution in [0.15, 0.2) is 18.2 Å². The zero-order valence-electron chi connectivity index (χ0n) is 10.0. The molecule has 1 N–H and O–H groups in total. The number of carbonyl (C=O) groups is 1. The smallest absolute Gasteiger partial charge is 0.254 e. The third-order valence-corrected chi connectivity index (χ3v) is 5.03. The van der Waals surface area contributed by atoms with Crippen LogP contribution >= 0.6 is 11.6 Å². The van der Waals surface area contributed by atoms with Crippen LogP contribution in [0.25, 0.3) is 0 Å². The molecule has 4 nitrogen and oxygen atoms in total. The first kappa shape index (κ1) is 14.3. The van der Waals surface area contributed by atoms with E-state index in [-0.39, 0.29) is 22.1 Å². The maximum absolute atomic E-state index is 13.5. The number of hydrogen-bond acceptors (Lipinski definition) is 3. The third kappa shape index (κ3) is 3.67. The second-order valence-corrected chi connectivity index (χ2v) is 7.22. The molecule has 1 aliphatic heterocycles.